The molecule has 0 spiro atoms. The number of nitrogens with one attached hydrogen (secondary N) is 1. The van der Waals surface area contributed by atoms with Gasteiger partial charge >= 0.3 is 5.97 Å². The molecule has 38 heavy (non-hydrogen) atoms. The highest BCUT2D eigenvalue weighted by atomic mass is 16.7. The number of carbonyl (C=O) groups excluding carboxylic acids is 3. The average Bonchev–Trinajstić information content (AvgIpc) is 3.63. The molecule has 2 aliphatic heterocycles. The Morgan fingerprint density at radius 2 is 1.87 bits per heavy atom. The molecular formula is C28H44N2O8. The fourth-order valence-corrected chi connectivity index (χ4v) is 6.86. The van der Waals surface area contributed by atoms with Crippen LogP contribution in [0.25, 0.3) is 0 Å². The molecule has 2 aliphatic carbocycles. The first-order valence-electron chi connectivity index (χ1n) is 14.2. The second-order valence-corrected chi connectivity index (χ2v) is 11.6. The smallest absolute Gasteiger partial charge is 0.350 e. The molecule has 2 saturated heterocycles. The molecule has 2 heterocycles. The molecule has 0 amide bonds. The van der Waals surface area contributed by atoms with Gasteiger partial charge in [-0.2, -0.15) is 0 Å². The number of hydrogen-bond donors (Lipinski definition) is 5. The highest BCUT2D eigenvalue weighted by molar-refractivity contribution is 6.23. The first-order valence-corrected chi connectivity index (χ1v) is 14.2. The zero-order chi connectivity index (χ0) is 27.5. The number of fused-ring (bicyclic) bond motifs is 2. The molecule has 0 aromatic rings. The van der Waals surface area contributed by atoms with Crippen LogP contribution in [0.3, 0.4) is 0 Å². The van der Waals surface area contributed by atoms with E-state index in [9.17, 15) is 24.6 Å². The summed E-state index contributed by atoms with van der Waals surface area (Å²) in [6.07, 6.45) is 5.81. The van der Waals surface area contributed by atoms with Crippen LogP contribution in [-0.4, -0.2) is 82.7 Å². The molecule has 214 valence electrons. The summed E-state index contributed by atoms with van der Waals surface area (Å²) in [4.78, 5) is 41.3. The van der Waals surface area contributed by atoms with Crippen LogP contribution in [0.2, 0.25) is 0 Å². The monoisotopic (exact) mass is 536 g/mol. The van der Waals surface area contributed by atoms with Crippen LogP contribution in [0.5, 0.6) is 0 Å². The van der Waals surface area contributed by atoms with Crippen molar-refractivity contribution in [2.24, 2.45) is 23.5 Å². The molecule has 0 radical (unpaired) electrons. The van der Waals surface area contributed by atoms with Gasteiger partial charge in [0.15, 0.2) is 17.2 Å². The summed E-state index contributed by atoms with van der Waals surface area (Å²) >= 11 is 0. The molecule has 4 rings (SSSR count). The van der Waals surface area contributed by atoms with E-state index in [1.807, 2.05) is 6.92 Å². The minimum absolute atomic E-state index is 0.0184. The maximum absolute atomic E-state index is 13.9. The molecule has 6 N–H and O–H groups in total. The Hall–Kier alpha value is -1.69. The van der Waals surface area contributed by atoms with Crippen molar-refractivity contribution in [2.45, 2.75) is 101 Å². The molecule has 2 saturated carbocycles. The van der Waals surface area contributed by atoms with E-state index in [1.54, 1.807) is 0 Å². The van der Waals surface area contributed by atoms with E-state index in [0.717, 1.165) is 44.2 Å². The summed E-state index contributed by atoms with van der Waals surface area (Å²) in [6.45, 7) is 1.88. The van der Waals surface area contributed by atoms with Gasteiger partial charge in [0.2, 0.25) is 0 Å². The lowest BCUT2D eigenvalue weighted by Crippen LogP contribution is -2.58. The van der Waals surface area contributed by atoms with Gasteiger partial charge in [-0.05, 0) is 76.3 Å². The van der Waals surface area contributed by atoms with E-state index >= 15 is 0 Å². The summed E-state index contributed by atoms with van der Waals surface area (Å²) in [5.41, 5.74) is 3.84. The topological polar surface area (TPSA) is 172 Å². The van der Waals surface area contributed by atoms with Gasteiger partial charge in [0.25, 0.3) is 5.60 Å². The predicted octanol–water partition coefficient (Wildman–Crippen LogP) is 0.893. The zero-order valence-corrected chi connectivity index (χ0v) is 22.5. The number of esters is 1. The van der Waals surface area contributed by atoms with Gasteiger partial charge in [-0.15, -0.1) is 0 Å². The van der Waals surface area contributed by atoms with E-state index in [4.69, 9.17) is 20.3 Å². The number of carbonyl (C=O) groups is 3. The van der Waals surface area contributed by atoms with E-state index in [1.165, 1.54) is 0 Å². The third kappa shape index (κ3) is 5.36. The SMILES string of the molecule is CC(CCC1CCNC(N)C1)=C(CO)C[C@@]12O[C@]1(C(=O)O[C@H](CO)CCCO)C(=O)C1CCCCC1C2=O. The Bertz CT molecular complexity index is 938. The van der Waals surface area contributed by atoms with Crippen molar-refractivity contribution >= 4 is 17.5 Å². The Morgan fingerprint density at radius 3 is 2.50 bits per heavy atom. The fourth-order valence-electron chi connectivity index (χ4n) is 6.86. The molecule has 7 atom stereocenters. The summed E-state index contributed by atoms with van der Waals surface area (Å²) in [5.74, 6) is -2.24. The van der Waals surface area contributed by atoms with E-state index in [-0.39, 0.29) is 38.0 Å². The summed E-state index contributed by atoms with van der Waals surface area (Å²) in [6, 6.07) is 0. The third-order valence-corrected chi connectivity index (χ3v) is 9.22. The second kappa shape index (κ2) is 12.2. The van der Waals surface area contributed by atoms with Gasteiger partial charge in [0.05, 0.1) is 19.4 Å². The molecule has 4 unspecified atom stereocenters. The van der Waals surface area contributed by atoms with Crippen LogP contribution in [0.1, 0.15) is 77.6 Å². The van der Waals surface area contributed by atoms with Gasteiger partial charge < -0.3 is 35.8 Å². The molecule has 10 nitrogen and oxygen atoms in total. The standard InChI is InChI=1S/C28H44N2O8/c1-17(8-9-18-10-11-30-23(29)13-18)19(15-32)14-27-24(34)21-6-2-3-7-22(21)25(35)28(27,38-27)26(36)37-20(16-33)5-4-12-31/h18,20-23,30-33H,2-16,29H2,1H3/t18?,20-,21?,22?,23?,27-,28-/m0/s1. The first kappa shape index (κ1) is 29.3. The molecule has 0 bridgehead atoms. The lowest BCUT2D eigenvalue weighted by molar-refractivity contribution is -0.164. The molecular weight excluding hydrogens is 492 g/mol. The molecule has 4 aliphatic rings. The third-order valence-electron chi connectivity index (χ3n) is 9.22. The van der Waals surface area contributed by atoms with Crippen molar-refractivity contribution < 1.29 is 39.2 Å². The predicted molar refractivity (Wildman–Crippen MR) is 138 cm³/mol. The summed E-state index contributed by atoms with van der Waals surface area (Å²) < 4.78 is 11.5. The highest BCUT2D eigenvalue weighted by Crippen LogP contribution is 2.62. The van der Waals surface area contributed by atoms with Gasteiger partial charge in [-0.25, -0.2) is 4.79 Å². The Balaban J connectivity index is 1.58. The number of epoxide rings is 1. The van der Waals surface area contributed by atoms with Gasteiger partial charge in [-0.1, -0.05) is 18.4 Å². The van der Waals surface area contributed by atoms with Crippen molar-refractivity contribution in [3.63, 3.8) is 0 Å². The minimum atomic E-state index is -2.04. The van der Waals surface area contributed by atoms with Crippen molar-refractivity contribution in [3.05, 3.63) is 11.1 Å². The minimum Gasteiger partial charge on any atom is -0.457 e. The number of aliphatic hydroxyl groups is 3. The number of Topliss-reactive ketones (excluding diaryl/α,β-unsaturated/α-hetero) is 2. The van der Waals surface area contributed by atoms with E-state index in [0.29, 0.717) is 37.2 Å². The lowest BCUT2D eigenvalue weighted by Gasteiger charge is -2.37. The van der Waals surface area contributed by atoms with Crippen LogP contribution in [-0.2, 0) is 23.9 Å². The Morgan fingerprint density at radius 1 is 1.16 bits per heavy atom. The van der Waals surface area contributed by atoms with Crippen LogP contribution < -0.4 is 11.1 Å². The Kier molecular flexibility index (Phi) is 9.43. The molecule has 10 heteroatoms. The number of aliphatic hydroxyl groups excluding tert-OH is 3. The van der Waals surface area contributed by atoms with Crippen molar-refractivity contribution in [3.8, 4) is 0 Å². The largest absolute Gasteiger partial charge is 0.457 e. The summed E-state index contributed by atoms with van der Waals surface area (Å²) in [5, 5.41) is 32.4. The van der Waals surface area contributed by atoms with Crippen LogP contribution >= 0.6 is 0 Å². The number of piperidine rings is 1. The van der Waals surface area contributed by atoms with Crippen molar-refractivity contribution in [1.29, 1.82) is 0 Å². The number of hydrogen-bond acceptors (Lipinski definition) is 10. The van der Waals surface area contributed by atoms with Crippen LogP contribution in [0.4, 0.5) is 0 Å². The normalized spacial score (nSPS) is 36.1. The van der Waals surface area contributed by atoms with Gasteiger partial charge in [0.1, 0.15) is 6.10 Å². The lowest BCUT2D eigenvalue weighted by atomic mass is 9.60. The number of allylic oxidation sites excluding steroid dienone is 1. The first-order chi connectivity index (χ1) is 18.2. The van der Waals surface area contributed by atoms with Crippen LogP contribution in [0.15, 0.2) is 11.1 Å². The number of ketones is 2. The molecule has 0 aromatic carbocycles. The fraction of sp³-hybridized carbons (Fsp3) is 0.821. The van der Waals surface area contributed by atoms with Crippen LogP contribution in [0, 0.1) is 17.8 Å². The zero-order valence-electron chi connectivity index (χ0n) is 22.5. The number of rotatable bonds is 12. The van der Waals surface area contributed by atoms with Crippen molar-refractivity contribution in [1.82, 2.24) is 5.32 Å². The maximum atomic E-state index is 13.9. The number of ether oxygens (including phenoxy) is 2. The number of nitrogens with two attached hydrogens (primary N) is 1. The second-order valence-electron chi connectivity index (χ2n) is 11.6. The van der Waals surface area contributed by atoms with E-state index in [2.05, 4.69) is 5.32 Å². The van der Waals surface area contributed by atoms with Crippen molar-refractivity contribution in [2.75, 3.05) is 26.4 Å². The highest BCUT2D eigenvalue weighted by Gasteiger charge is 2.87. The Labute approximate surface area is 224 Å². The van der Waals surface area contributed by atoms with E-state index < -0.39 is 47.5 Å². The average molecular weight is 537 g/mol. The molecule has 4 fully saturated rings. The van der Waals surface area contributed by atoms with Gasteiger partial charge in [-0.3, -0.25) is 9.59 Å². The molecule has 0 aromatic heterocycles. The quantitative estimate of drug-likeness (QED) is 0.104. The van der Waals surface area contributed by atoms with Gasteiger partial charge in [0, 0.05) is 24.9 Å². The maximum Gasteiger partial charge on any atom is 0.350 e. The summed E-state index contributed by atoms with van der Waals surface area (Å²) in [7, 11) is 0.